The standard InChI is InChI=1S/C21H22F3N3O3/c22-21(23,24)30-17-6-16(7-17)29-10-18(28)26-20-11-19(12-20,13-20)14-8-25-27(9-14)15-4-2-1-3-5-15/h1-5,8-9,16-17H,6-7,10-13H2,(H,26,28). The lowest BCUT2D eigenvalue weighted by molar-refractivity contribution is -0.357. The number of amides is 1. The number of para-hydroxylation sites is 1. The van der Waals surface area contributed by atoms with E-state index in [1.807, 2.05) is 41.2 Å². The minimum Gasteiger partial charge on any atom is -0.368 e. The van der Waals surface area contributed by atoms with E-state index in [9.17, 15) is 18.0 Å². The first-order valence-electron chi connectivity index (χ1n) is 10.0. The predicted molar refractivity (Wildman–Crippen MR) is 99.9 cm³/mol. The van der Waals surface area contributed by atoms with E-state index in [1.54, 1.807) is 0 Å². The highest BCUT2D eigenvalue weighted by molar-refractivity contribution is 5.79. The molecule has 160 valence electrons. The van der Waals surface area contributed by atoms with Gasteiger partial charge in [0.15, 0.2) is 0 Å². The molecule has 0 atom stereocenters. The van der Waals surface area contributed by atoms with Crippen LogP contribution >= 0.6 is 0 Å². The molecule has 1 heterocycles. The van der Waals surface area contributed by atoms with E-state index in [0.29, 0.717) is 0 Å². The monoisotopic (exact) mass is 421 g/mol. The quantitative estimate of drug-likeness (QED) is 0.746. The van der Waals surface area contributed by atoms with Gasteiger partial charge in [0.25, 0.3) is 0 Å². The van der Waals surface area contributed by atoms with E-state index in [-0.39, 0.29) is 42.4 Å². The van der Waals surface area contributed by atoms with E-state index in [1.165, 1.54) is 5.56 Å². The van der Waals surface area contributed by atoms with Gasteiger partial charge in [-0.3, -0.25) is 9.53 Å². The Morgan fingerprint density at radius 3 is 2.53 bits per heavy atom. The van der Waals surface area contributed by atoms with E-state index in [2.05, 4.69) is 21.3 Å². The first kappa shape index (κ1) is 19.6. The van der Waals surface area contributed by atoms with E-state index in [4.69, 9.17) is 4.74 Å². The number of hydrogen-bond acceptors (Lipinski definition) is 4. The van der Waals surface area contributed by atoms with E-state index >= 15 is 0 Å². The highest BCUT2D eigenvalue weighted by atomic mass is 19.4. The van der Waals surface area contributed by atoms with Gasteiger partial charge in [-0.2, -0.15) is 5.10 Å². The largest absolute Gasteiger partial charge is 0.522 e. The van der Waals surface area contributed by atoms with Crippen LogP contribution in [0.2, 0.25) is 0 Å². The van der Waals surface area contributed by atoms with Crippen molar-refractivity contribution >= 4 is 5.91 Å². The Morgan fingerprint density at radius 1 is 1.17 bits per heavy atom. The molecule has 6 rings (SSSR count). The fourth-order valence-corrected chi connectivity index (χ4v) is 5.01. The number of ether oxygens (including phenoxy) is 2. The zero-order valence-electron chi connectivity index (χ0n) is 16.2. The number of rotatable bonds is 7. The summed E-state index contributed by atoms with van der Waals surface area (Å²) in [6.45, 7) is -0.135. The predicted octanol–water partition coefficient (Wildman–Crippen LogP) is 3.25. The van der Waals surface area contributed by atoms with Crippen molar-refractivity contribution in [2.75, 3.05) is 6.61 Å². The van der Waals surface area contributed by atoms with Gasteiger partial charge in [0.1, 0.15) is 6.61 Å². The SMILES string of the molecule is O=C(COC1CC(OC(F)(F)F)C1)NC12CC(c3cnn(-c4ccccc4)c3)(C1)C2. The molecule has 9 heteroatoms. The van der Waals surface area contributed by atoms with Gasteiger partial charge >= 0.3 is 6.36 Å². The highest BCUT2D eigenvalue weighted by Gasteiger charge is 2.69. The Hall–Kier alpha value is -2.39. The number of hydrogen-bond donors (Lipinski definition) is 1. The van der Waals surface area contributed by atoms with Crippen LogP contribution in [0.15, 0.2) is 42.7 Å². The molecule has 0 aliphatic heterocycles. The molecule has 4 fully saturated rings. The van der Waals surface area contributed by atoms with Crippen molar-refractivity contribution in [1.82, 2.24) is 15.1 Å². The summed E-state index contributed by atoms with van der Waals surface area (Å²) in [6, 6.07) is 9.90. The molecule has 1 N–H and O–H groups in total. The van der Waals surface area contributed by atoms with Gasteiger partial charge < -0.3 is 10.1 Å². The summed E-state index contributed by atoms with van der Waals surface area (Å²) in [7, 11) is 0. The van der Waals surface area contributed by atoms with Crippen LogP contribution in [0.25, 0.3) is 5.69 Å². The van der Waals surface area contributed by atoms with Crippen LogP contribution < -0.4 is 5.32 Å². The summed E-state index contributed by atoms with van der Waals surface area (Å²) in [5, 5.41) is 7.51. The van der Waals surface area contributed by atoms with Crippen LogP contribution in [0.3, 0.4) is 0 Å². The molecular formula is C21H22F3N3O3. The molecule has 0 spiro atoms. The smallest absolute Gasteiger partial charge is 0.368 e. The van der Waals surface area contributed by atoms with Crippen molar-refractivity contribution in [2.45, 2.75) is 61.6 Å². The molecule has 0 saturated heterocycles. The van der Waals surface area contributed by atoms with Crippen LogP contribution in [0.5, 0.6) is 0 Å². The average molecular weight is 421 g/mol. The lowest BCUT2D eigenvalue weighted by Gasteiger charge is -2.70. The van der Waals surface area contributed by atoms with Gasteiger partial charge in [-0.15, -0.1) is 13.2 Å². The average Bonchev–Trinajstić information content (AvgIpc) is 3.08. The first-order chi connectivity index (χ1) is 14.2. The minimum absolute atomic E-state index is 0.0806. The molecule has 0 unspecified atom stereocenters. The Balaban J connectivity index is 1.06. The van der Waals surface area contributed by atoms with Crippen molar-refractivity contribution in [3.63, 3.8) is 0 Å². The van der Waals surface area contributed by atoms with E-state index in [0.717, 1.165) is 24.9 Å². The number of carbonyl (C=O) groups excluding carboxylic acids is 1. The van der Waals surface area contributed by atoms with E-state index < -0.39 is 12.5 Å². The zero-order chi connectivity index (χ0) is 21.0. The lowest BCUT2D eigenvalue weighted by Crippen LogP contribution is -2.77. The van der Waals surface area contributed by atoms with Crippen molar-refractivity contribution in [3.05, 3.63) is 48.3 Å². The third-order valence-corrected chi connectivity index (χ3v) is 6.45. The van der Waals surface area contributed by atoms with Gasteiger partial charge in [-0.05, 0) is 37.0 Å². The topological polar surface area (TPSA) is 65.4 Å². The summed E-state index contributed by atoms with van der Waals surface area (Å²) < 4.78 is 47.5. The molecule has 2 bridgehead atoms. The summed E-state index contributed by atoms with van der Waals surface area (Å²) in [5.41, 5.74) is 2.09. The van der Waals surface area contributed by atoms with Gasteiger partial charge in [0.05, 0.1) is 24.1 Å². The molecule has 4 aliphatic carbocycles. The number of benzene rings is 1. The van der Waals surface area contributed by atoms with Crippen molar-refractivity contribution in [2.24, 2.45) is 0 Å². The molecule has 6 nitrogen and oxygen atoms in total. The van der Waals surface area contributed by atoms with Gasteiger partial charge in [-0.1, -0.05) is 18.2 Å². The molecule has 4 aliphatic rings. The number of nitrogens with one attached hydrogen (secondary N) is 1. The number of halogens is 3. The molecule has 1 aromatic carbocycles. The van der Waals surface area contributed by atoms with Crippen molar-refractivity contribution in [3.8, 4) is 5.69 Å². The molecule has 30 heavy (non-hydrogen) atoms. The maximum atomic E-state index is 12.2. The Kier molecular flexibility index (Phi) is 4.44. The second-order valence-electron chi connectivity index (χ2n) is 8.74. The second-order valence-corrected chi connectivity index (χ2v) is 8.74. The number of nitrogens with zero attached hydrogens (tertiary/aromatic N) is 2. The van der Waals surface area contributed by atoms with Crippen molar-refractivity contribution < 1.29 is 27.4 Å². The summed E-state index contributed by atoms with van der Waals surface area (Å²) in [5.74, 6) is -0.219. The number of aromatic nitrogens is 2. The maximum absolute atomic E-state index is 12.2. The summed E-state index contributed by atoms with van der Waals surface area (Å²) in [4.78, 5) is 12.2. The van der Waals surface area contributed by atoms with Crippen molar-refractivity contribution in [1.29, 1.82) is 0 Å². The van der Waals surface area contributed by atoms with Gasteiger partial charge in [-0.25, -0.2) is 4.68 Å². The third kappa shape index (κ3) is 3.60. The molecule has 2 aromatic rings. The molecular weight excluding hydrogens is 399 g/mol. The Labute approximate surface area is 171 Å². The third-order valence-electron chi connectivity index (χ3n) is 6.45. The summed E-state index contributed by atoms with van der Waals surface area (Å²) >= 11 is 0. The van der Waals surface area contributed by atoms with Crippen LogP contribution in [0.1, 0.15) is 37.7 Å². The number of alkyl halides is 3. The lowest BCUT2D eigenvalue weighted by atomic mass is 9.37. The van der Waals surface area contributed by atoms with Crippen LogP contribution in [-0.4, -0.2) is 46.4 Å². The molecule has 0 radical (unpaired) electrons. The normalized spacial score (nSPS) is 32.0. The van der Waals surface area contributed by atoms with Crippen LogP contribution in [0, 0.1) is 0 Å². The fraction of sp³-hybridized carbons (Fsp3) is 0.524. The van der Waals surface area contributed by atoms with Gasteiger partial charge in [0.2, 0.25) is 5.91 Å². The minimum atomic E-state index is -4.62. The molecule has 1 amide bonds. The molecule has 4 saturated carbocycles. The Morgan fingerprint density at radius 2 is 1.87 bits per heavy atom. The summed E-state index contributed by atoms with van der Waals surface area (Å²) in [6.07, 6.45) is 1.05. The maximum Gasteiger partial charge on any atom is 0.522 e. The highest BCUT2D eigenvalue weighted by Crippen LogP contribution is 2.67. The number of carbonyl (C=O) groups is 1. The fourth-order valence-electron chi connectivity index (χ4n) is 5.01. The van der Waals surface area contributed by atoms with Crippen LogP contribution in [0.4, 0.5) is 13.2 Å². The Bertz CT molecular complexity index is 918. The molecule has 1 aromatic heterocycles. The van der Waals surface area contributed by atoms with Gasteiger partial charge in [0, 0.05) is 30.0 Å². The first-order valence-corrected chi connectivity index (χ1v) is 10.0. The zero-order valence-corrected chi connectivity index (χ0v) is 16.2. The second kappa shape index (κ2) is 6.81. The van der Waals surface area contributed by atoms with Crippen LogP contribution in [-0.2, 0) is 19.7 Å².